The van der Waals surface area contributed by atoms with E-state index in [1.165, 1.54) is 0 Å². The third-order valence-electron chi connectivity index (χ3n) is 5.23. The fourth-order valence-corrected chi connectivity index (χ4v) is 3.86. The van der Waals surface area contributed by atoms with E-state index in [9.17, 15) is 0 Å². The minimum atomic E-state index is -0.250. The Morgan fingerprint density at radius 1 is 1.29 bits per heavy atom. The number of pyridine rings is 1. The minimum absolute atomic E-state index is 0.134. The summed E-state index contributed by atoms with van der Waals surface area (Å²) in [4.78, 5) is 15.1. The number of anilines is 1. The third-order valence-corrected chi connectivity index (χ3v) is 5.23. The molecule has 2 aromatic heterocycles. The van der Waals surface area contributed by atoms with Crippen LogP contribution in [-0.4, -0.2) is 71.5 Å². The quantitative estimate of drug-likeness (QED) is 0.805. The normalized spacial score (nSPS) is 25.5. The molecule has 0 aliphatic carbocycles. The van der Waals surface area contributed by atoms with Crippen molar-refractivity contribution in [3.05, 3.63) is 42.4 Å². The molecule has 0 amide bonds. The summed E-state index contributed by atoms with van der Waals surface area (Å²) in [5, 5.41) is 3.26. The van der Waals surface area contributed by atoms with Gasteiger partial charge in [0.15, 0.2) is 0 Å². The molecule has 0 unspecified atom stereocenters. The lowest BCUT2D eigenvalue weighted by Gasteiger charge is -2.32. The molecule has 4 rings (SSSR count). The number of ether oxygens (including phenoxy) is 3. The van der Waals surface area contributed by atoms with Crippen molar-refractivity contribution in [2.45, 2.75) is 31.1 Å². The van der Waals surface area contributed by atoms with Gasteiger partial charge in [0.05, 0.1) is 26.4 Å². The lowest BCUT2D eigenvalue weighted by atomic mass is 10.00. The Bertz CT molecular complexity index is 745. The Morgan fingerprint density at radius 3 is 2.96 bits per heavy atom. The van der Waals surface area contributed by atoms with E-state index < -0.39 is 0 Å². The summed E-state index contributed by atoms with van der Waals surface area (Å²) in [5.74, 6) is 1.27. The van der Waals surface area contributed by atoms with Crippen molar-refractivity contribution in [2.24, 2.45) is 0 Å². The molecular formula is C20H27N5O3. The fourth-order valence-electron chi connectivity index (χ4n) is 3.86. The molecule has 0 bridgehead atoms. The Labute approximate surface area is 165 Å². The molecule has 0 saturated carbocycles. The first-order valence-electron chi connectivity index (χ1n) is 9.72. The monoisotopic (exact) mass is 385 g/mol. The summed E-state index contributed by atoms with van der Waals surface area (Å²) >= 11 is 0. The van der Waals surface area contributed by atoms with Crippen LogP contribution in [0.15, 0.2) is 36.8 Å². The van der Waals surface area contributed by atoms with Gasteiger partial charge in [-0.2, -0.15) is 0 Å². The zero-order valence-corrected chi connectivity index (χ0v) is 16.2. The number of hydrogen-bond donors (Lipinski definition) is 1. The van der Waals surface area contributed by atoms with Crippen molar-refractivity contribution >= 4 is 5.95 Å². The number of aromatic nitrogens is 3. The molecule has 8 nitrogen and oxygen atoms in total. The van der Waals surface area contributed by atoms with Crippen molar-refractivity contribution in [1.82, 2.24) is 19.9 Å². The van der Waals surface area contributed by atoms with Crippen molar-refractivity contribution in [2.75, 3.05) is 45.3 Å². The fraction of sp³-hybridized carbons (Fsp3) is 0.550. The van der Waals surface area contributed by atoms with Gasteiger partial charge >= 0.3 is 0 Å². The highest BCUT2D eigenvalue weighted by Crippen LogP contribution is 2.33. The van der Waals surface area contributed by atoms with Crippen LogP contribution in [0, 0.1) is 0 Å². The molecule has 1 spiro atoms. The zero-order chi connectivity index (χ0) is 19.2. The van der Waals surface area contributed by atoms with Crippen LogP contribution in [0.1, 0.15) is 18.4 Å². The number of methoxy groups -OCH3 is 1. The summed E-state index contributed by atoms with van der Waals surface area (Å²) in [6.45, 7) is 4.63. The lowest BCUT2D eigenvalue weighted by Crippen LogP contribution is -2.44. The second-order valence-electron chi connectivity index (χ2n) is 7.39. The maximum absolute atomic E-state index is 6.48. The largest absolute Gasteiger partial charge is 0.481 e. The first-order chi connectivity index (χ1) is 13.7. The zero-order valence-electron chi connectivity index (χ0n) is 16.2. The molecule has 2 aliphatic heterocycles. The molecule has 2 fully saturated rings. The summed E-state index contributed by atoms with van der Waals surface area (Å²) in [6.07, 6.45) is 7.47. The number of hydrogen-bond acceptors (Lipinski definition) is 8. The summed E-state index contributed by atoms with van der Waals surface area (Å²) < 4.78 is 17.5. The smallest absolute Gasteiger partial charge is 0.222 e. The Balaban J connectivity index is 1.34. The van der Waals surface area contributed by atoms with E-state index in [-0.39, 0.29) is 11.7 Å². The van der Waals surface area contributed by atoms with Gasteiger partial charge in [-0.25, -0.2) is 15.0 Å². The van der Waals surface area contributed by atoms with Gasteiger partial charge in [-0.1, -0.05) is 6.07 Å². The average Bonchev–Trinajstić information content (AvgIpc) is 3.02. The van der Waals surface area contributed by atoms with Gasteiger partial charge in [-0.15, -0.1) is 0 Å². The maximum atomic E-state index is 6.48. The van der Waals surface area contributed by atoms with Gasteiger partial charge in [0.1, 0.15) is 5.60 Å². The average molecular weight is 385 g/mol. The van der Waals surface area contributed by atoms with Crippen LogP contribution in [0.4, 0.5) is 5.95 Å². The molecular weight excluding hydrogens is 358 g/mol. The highest BCUT2D eigenvalue weighted by Gasteiger charge is 2.43. The standard InChI is InChI=1S/C20H27N5O3/c1-26-18-4-3-16(11-23-18)13-25-9-10-27-15-20(14-25)6-5-17(28-20)12-24-19-21-7-2-8-22-19/h2-4,7-8,11,17H,5-6,9-10,12-15H2,1H3,(H,21,22,24)/t17-,20+/m1/s1. The topological polar surface area (TPSA) is 81.6 Å². The molecule has 0 aromatic carbocycles. The highest BCUT2D eigenvalue weighted by molar-refractivity contribution is 5.22. The second-order valence-corrected chi connectivity index (χ2v) is 7.39. The molecule has 2 atom stereocenters. The molecule has 8 heteroatoms. The van der Waals surface area contributed by atoms with E-state index in [1.54, 1.807) is 19.5 Å². The molecule has 0 radical (unpaired) electrons. The van der Waals surface area contributed by atoms with Gasteiger partial charge in [0.25, 0.3) is 0 Å². The Morgan fingerprint density at radius 2 is 2.18 bits per heavy atom. The van der Waals surface area contributed by atoms with Crippen LogP contribution in [0.5, 0.6) is 5.88 Å². The first kappa shape index (κ1) is 19.0. The van der Waals surface area contributed by atoms with Crippen LogP contribution >= 0.6 is 0 Å². The Kier molecular flexibility index (Phi) is 5.99. The molecule has 2 aromatic rings. The van der Waals surface area contributed by atoms with E-state index in [4.69, 9.17) is 14.2 Å². The predicted molar refractivity (Wildman–Crippen MR) is 104 cm³/mol. The SMILES string of the molecule is COc1ccc(CN2CCOC[C@]3(CC[C@H](CNc4ncccn4)O3)C2)cn1. The number of rotatable bonds is 6. The van der Waals surface area contributed by atoms with E-state index in [2.05, 4.69) is 31.2 Å². The van der Waals surface area contributed by atoms with E-state index in [0.717, 1.165) is 44.6 Å². The molecule has 2 saturated heterocycles. The first-order valence-corrected chi connectivity index (χ1v) is 9.72. The van der Waals surface area contributed by atoms with E-state index >= 15 is 0 Å². The van der Waals surface area contributed by atoms with Gasteiger partial charge in [0, 0.05) is 50.8 Å². The van der Waals surface area contributed by atoms with Crippen molar-refractivity contribution in [3.8, 4) is 5.88 Å². The minimum Gasteiger partial charge on any atom is -0.481 e. The van der Waals surface area contributed by atoms with Crippen LogP contribution in [0.3, 0.4) is 0 Å². The van der Waals surface area contributed by atoms with Gasteiger partial charge in [-0.05, 0) is 24.5 Å². The highest BCUT2D eigenvalue weighted by atomic mass is 16.6. The maximum Gasteiger partial charge on any atom is 0.222 e. The van der Waals surface area contributed by atoms with Crippen molar-refractivity contribution in [1.29, 1.82) is 0 Å². The van der Waals surface area contributed by atoms with Crippen molar-refractivity contribution in [3.63, 3.8) is 0 Å². The number of nitrogens with one attached hydrogen (secondary N) is 1. The van der Waals surface area contributed by atoms with Gasteiger partial charge in [-0.3, -0.25) is 4.90 Å². The third kappa shape index (κ3) is 4.76. The molecule has 150 valence electrons. The number of nitrogens with zero attached hydrogens (tertiary/aromatic N) is 4. The van der Waals surface area contributed by atoms with Crippen LogP contribution in [0.25, 0.3) is 0 Å². The molecule has 1 N–H and O–H groups in total. The van der Waals surface area contributed by atoms with E-state index in [0.29, 0.717) is 25.0 Å². The van der Waals surface area contributed by atoms with E-state index in [1.807, 2.05) is 18.3 Å². The molecule has 28 heavy (non-hydrogen) atoms. The summed E-state index contributed by atoms with van der Waals surface area (Å²) in [5.41, 5.74) is 0.913. The summed E-state index contributed by atoms with van der Waals surface area (Å²) in [6, 6.07) is 5.77. The van der Waals surface area contributed by atoms with Crippen LogP contribution in [-0.2, 0) is 16.0 Å². The summed E-state index contributed by atoms with van der Waals surface area (Å²) in [7, 11) is 1.63. The van der Waals surface area contributed by atoms with Crippen LogP contribution in [0.2, 0.25) is 0 Å². The van der Waals surface area contributed by atoms with Crippen LogP contribution < -0.4 is 10.1 Å². The second kappa shape index (κ2) is 8.81. The molecule has 4 heterocycles. The van der Waals surface area contributed by atoms with Gasteiger partial charge in [0.2, 0.25) is 11.8 Å². The molecule has 2 aliphatic rings. The Hall–Kier alpha value is -2.29. The van der Waals surface area contributed by atoms with Gasteiger partial charge < -0.3 is 19.5 Å². The lowest BCUT2D eigenvalue weighted by molar-refractivity contribution is -0.0826. The predicted octanol–water partition coefficient (Wildman–Crippen LogP) is 1.74. The van der Waals surface area contributed by atoms with Crippen molar-refractivity contribution < 1.29 is 14.2 Å².